The van der Waals surface area contributed by atoms with E-state index in [9.17, 15) is 19.2 Å². The smallest absolute Gasteiger partial charge is 0.303 e. The summed E-state index contributed by atoms with van der Waals surface area (Å²) >= 11 is 0. The third kappa shape index (κ3) is 13.7. The first kappa shape index (κ1) is 47.9. The lowest BCUT2D eigenvalue weighted by molar-refractivity contribution is -0.426. The molecule has 15 nitrogen and oxygen atoms in total. The topological polar surface area (TPSA) is 170 Å². The van der Waals surface area contributed by atoms with E-state index >= 15 is 0 Å². The molecule has 10 unspecified atom stereocenters. The van der Waals surface area contributed by atoms with E-state index in [2.05, 4.69) is 0 Å². The van der Waals surface area contributed by atoms with Crippen LogP contribution in [0.2, 0.25) is 0 Å². The Morgan fingerprint density at radius 3 is 1.41 bits per heavy atom. The van der Waals surface area contributed by atoms with Gasteiger partial charge in [-0.15, -0.1) is 0 Å². The second-order valence-corrected chi connectivity index (χ2v) is 15.6. The Balaban J connectivity index is 1.45. The van der Waals surface area contributed by atoms with Crippen molar-refractivity contribution in [2.75, 3.05) is 13.2 Å². The number of benzene rings is 4. The molecule has 64 heavy (non-hydrogen) atoms. The van der Waals surface area contributed by atoms with E-state index in [0.717, 1.165) is 43.0 Å². The van der Waals surface area contributed by atoms with Gasteiger partial charge < -0.3 is 52.1 Å². The highest BCUT2D eigenvalue weighted by atomic mass is 16.8. The lowest BCUT2D eigenvalue weighted by Gasteiger charge is -2.53. The zero-order chi connectivity index (χ0) is 45.5. The van der Waals surface area contributed by atoms with E-state index in [1.807, 2.05) is 121 Å². The van der Waals surface area contributed by atoms with Crippen LogP contribution < -0.4 is 0 Å². The molecule has 6 rings (SSSR count). The summed E-state index contributed by atoms with van der Waals surface area (Å²) in [6, 6.07) is 38.4. The van der Waals surface area contributed by atoms with Gasteiger partial charge in [0, 0.05) is 27.7 Å². The van der Waals surface area contributed by atoms with Gasteiger partial charge in [0.2, 0.25) is 6.29 Å². The summed E-state index contributed by atoms with van der Waals surface area (Å²) in [7, 11) is 0. The number of carbonyl (C=O) groups is 4. The minimum Gasteiger partial charge on any atom is -0.463 e. The summed E-state index contributed by atoms with van der Waals surface area (Å²) < 4.78 is 69.7. The van der Waals surface area contributed by atoms with Crippen molar-refractivity contribution >= 4 is 23.9 Å². The average Bonchev–Trinajstić information content (AvgIpc) is 3.27. The molecule has 2 fully saturated rings. The zero-order valence-electron chi connectivity index (χ0n) is 36.6. The summed E-state index contributed by atoms with van der Waals surface area (Å²) in [5.74, 6) is -4.89. The number of ether oxygens (including phenoxy) is 11. The molecule has 4 aromatic carbocycles. The highest BCUT2D eigenvalue weighted by Crippen LogP contribution is 2.41. The van der Waals surface area contributed by atoms with Crippen LogP contribution in [-0.4, -0.2) is 98.0 Å². The van der Waals surface area contributed by atoms with Crippen molar-refractivity contribution in [2.24, 2.45) is 0 Å². The third-order valence-corrected chi connectivity index (χ3v) is 10.4. The first-order valence-electron chi connectivity index (χ1n) is 21.1. The minimum atomic E-state index is -1.87. The molecule has 2 heterocycles. The Labute approximate surface area is 373 Å². The largest absolute Gasteiger partial charge is 0.463 e. The summed E-state index contributed by atoms with van der Waals surface area (Å²) in [4.78, 5) is 50.1. The van der Waals surface area contributed by atoms with Crippen LogP contribution in [0, 0.1) is 0 Å². The van der Waals surface area contributed by atoms with Gasteiger partial charge in [-0.2, -0.15) is 0 Å². The predicted molar refractivity (Wildman–Crippen MR) is 227 cm³/mol. The first-order valence-corrected chi connectivity index (χ1v) is 21.1. The normalized spacial score (nSPS) is 26.6. The van der Waals surface area contributed by atoms with E-state index in [-0.39, 0.29) is 33.0 Å². The molecule has 4 aromatic rings. The number of hydrogen-bond acceptors (Lipinski definition) is 15. The Kier molecular flexibility index (Phi) is 17.5. The van der Waals surface area contributed by atoms with Crippen LogP contribution in [0.4, 0.5) is 0 Å². The Morgan fingerprint density at radius 2 is 0.922 bits per heavy atom. The van der Waals surface area contributed by atoms with Crippen molar-refractivity contribution < 1.29 is 71.3 Å². The molecule has 342 valence electrons. The molecular weight excluding hydrogens is 829 g/mol. The molecule has 2 aliphatic heterocycles. The molecule has 10 atom stereocenters. The lowest BCUT2D eigenvalue weighted by Crippen LogP contribution is -2.70. The van der Waals surface area contributed by atoms with Crippen molar-refractivity contribution in [1.82, 2.24) is 0 Å². The SMILES string of the molecule is CC(=O)OCC1OC(OC2(C)OC(COCc3ccccc3)C(OCc3ccccc3)C(OCc3ccccc3)C2OCc2ccccc2)C(OC(C)=O)C(OC(C)=O)C1OC(C)=O. The molecule has 2 aliphatic rings. The van der Waals surface area contributed by atoms with Crippen LogP contribution in [-0.2, 0) is 97.7 Å². The van der Waals surface area contributed by atoms with Gasteiger partial charge in [0.25, 0.3) is 0 Å². The zero-order valence-corrected chi connectivity index (χ0v) is 36.6. The Bertz CT molecular complexity index is 2070. The first-order chi connectivity index (χ1) is 30.9. The van der Waals surface area contributed by atoms with Crippen molar-refractivity contribution in [3.63, 3.8) is 0 Å². The Morgan fingerprint density at radius 1 is 0.484 bits per heavy atom. The minimum absolute atomic E-state index is 0.0114. The average molecular weight is 885 g/mol. The maximum absolute atomic E-state index is 12.8. The summed E-state index contributed by atoms with van der Waals surface area (Å²) in [5, 5.41) is 0. The predicted octanol–water partition coefficient (Wildman–Crippen LogP) is 6.17. The van der Waals surface area contributed by atoms with E-state index in [0.29, 0.717) is 0 Å². The molecule has 0 amide bonds. The van der Waals surface area contributed by atoms with Gasteiger partial charge in [0.1, 0.15) is 37.1 Å². The maximum atomic E-state index is 12.8. The van der Waals surface area contributed by atoms with Crippen LogP contribution in [0.3, 0.4) is 0 Å². The summed E-state index contributed by atoms with van der Waals surface area (Å²) in [6.07, 6.45) is -11.2. The second-order valence-electron chi connectivity index (χ2n) is 15.6. The quantitative estimate of drug-likeness (QED) is 0.0729. The number of carbonyl (C=O) groups excluding carboxylic acids is 4. The van der Waals surface area contributed by atoms with Crippen molar-refractivity contribution in [1.29, 1.82) is 0 Å². The van der Waals surface area contributed by atoms with E-state index in [1.165, 1.54) is 6.92 Å². The molecule has 2 saturated heterocycles. The van der Waals surface area contributed by atoms with Crippen molar-refractivity contribution in [3.8, 4) is 0 Å². The Hall–Kier alpha value is -5.52. The fourth-order valence-electron chi connectivity index (χ4n) is 7.65. The lowest BCUT2D eigenvalue weighted by atomic mass is 9.91. The molecule has 0 spiro atoms. The van der Waals surface area contributed by atoms with Gasteiger partial charge >= 0.3 is 23.9 Å². The number of esters is 4. The van der Waals surface area contributed by atoms with Gasteiger partial charge in [0.15, 0.2) is 24.1 Å². The molecule has 15 heteroatoms. The highest BCUT2D eigenvalue weighted by molar-refractivity contribution is 5.68. The summed E-state index contributed by atoms with van der Waals surface area (Å²) in [6.45, 7) is 6.42. The fraction of sp³-hybridized carbons (Fsp3) is 0.429. The number of hydrogen-bond donors (Lipinski definition) is 0. The van der Waals surface area contributed by atoms with Gasteiger partial charge in [-0.1, -0.05) is 121 Å². The summed E-state index contributed by atoms with van der Waals surface area (Å²) in [5.41, 5.74) is 3.53. The standard InChI is InChI=1S/C49H56O15/c1-32(50)55-31-40-43(59-33(2)51)44(60-34(3)52)46(61-35(4)53)48(62-40)64-49(5)47(58-29-39-24-16-9-17-25-39)45(57-28-38-22-14-8-15-23-38)42(56-27-37-20-12-7-13-21-37)41(63-49)30-54-26-36-18-10-6-11-19-36/h6-25,40-48H,26-31H2,1-5H3. The van der Waals surface area contributed by atoms with Crippen LogP contribution in [0.5, 0.6) is 0 Å². The molecule has 0 bridgehead atoms. The van der Waals surface area contributed by atoms with Crippen LogP contribution in [0.15, 0.2) is 121 Å². The van der Waals surface area contributed by atoms with Gasteiger partial charge in [0.05, 0.1) is 33.0 Å². The number of rotatable bonds is 20. The monoisotopic (exact) mass is 884 g/mol. The molecule has 0 N–H and O–H groups in total. The second kappa shape index (κ2) is 23.4. The molecule has 0 radical (unpaired) electrons. The molecule has 0 aliphatic carbocycles. The van der Waals surface area contributed by atoms with E-state index in [1.54, 1.807) is 6.92 Å². The highest BCUT2D eigenvalue weighted by Gasteiger charge is 2.60. The third-order valence-electron chi connectivity index (χ3n) is 10.4. The van der Waals surface area contributed by atoms with Crippen LogP contribution >= 0.6 is 0 Å². The van der Waals surface area contributed by atoms with Gasteiger partial charge in [-0.05, 0) is 29.2 Å². The van der Waals surface area contributed by atoms with Gasteiger partial charge in [-0.3, -0.25) is 19.2 Å². The van der Waals surface area contributed by atoms with Crippen molar-refractivity contribution in [3.05, 3.63) is 144 Å². The maximum Gasteiger partial charge on any atom is 0.303 e. The van der Waals surface area contributed by atoms with E-state index in [4.69, 9.17) is 52.1 Å². The van der Waals surface area contributed by atoms with Crippen LogP contribution in [0.25, 0.3) is 0 Å². The van der Waals surface area contributed by atoms with Crippen molar-refractivity contribution in [2.45, 2.75) is 122 Å². The molecule has 0 aromatic heterocycles. The van der Waals surface area contributed by atoms with Crippen LogP contribution in [0.1, 0.15) is 56.9 Å². The van der Waals surface area contributed by atoms with E-state index < -0.39 is 91.4 Å². The molecular formula is C49H56O15. The fourth-order valence-corrected chi connectivity index (χ4v) is 7.65. The van der Waals surface area contributed by atoms with Gasteiger partial charge in [-0.25, -0.2) is 0 Å². The molecule has 0 saturated carbocycles.